The Morgan fingerprint density at radius 2 is 1.55 bits per heavy atom. The van der Waals surface area contributed by atoms with Gasteiger partial charge in [-0.3, -0.25) is 13.9 Å². The Kier molecular flexibility index (Phi) is 12.8. The highest BCUT2D eigenvalue weighted by atomic mass is 79.9. The topological polar surface area (TPSA) is 96.0 Å². The zero-order chi connectivity index (χ0) is 34.8. The Balaban J connectivity index is 1.56. The molecule has 1 aliphatic rings. The molecule has 2 amide bonds. The Hall–Kier alpha value is -3.80. The van der Waals surface area contributed by atoms with E-state index in [4.69, 9.17) is 4.74 Å². The monoisotopic (exact) mass is 763 g/mol. The van der Waals surface area contributed by atoms with Crippen LogP contribution in [0.2, 0.25) is 0 Å². The fourth-order valence-electron chi connectivity index (χ4n) is 5.99. The summed E-state index contributed by atoms with van der Waals surface area (Å²) in [5, 5.41) is 3.21. The molecule has 0 bridgehead atoms. The van der Waals surface area contributed by atoms with Gasteiger partial charge in [0.05, 0.1) is 17.2 Å². The molecule has 4 aromatic carbocycles. The van der Waals surface area contributed by atoms with Crippen LogP contribution >= 0.6 is 27.7 Å². The zero-order valence-electron chi connectivity index (χ0n) is 27.8. The van der Waals surface area contributed by atoms with Crippen LogP contribution in [0.4, 0.5) is 5.69 Å². The first kappa shape index (κ1) is 36.5. The molecule has 1 N–H and O–H groups in total. The number of nitrogens with one attached hydrogen (secondary N) is 1. The maximum atomic E-state index is 14.7. The van der Waals surface area contributed by atoms with E-state index < -0.39 is 28.5 Å². The third-order valence-electron chi connectivity index (χ3n) is 8.60. The molecule has 0 unspecified atom stereocenters. The van der Waals surface area contributed by atoms with Gasteiger partial charge >= 0.3 is 0 Å². The molecule has 1 fully saturated rings. The van der Waals surface area contributed by atoms with Crippen LogP contribution in [0, 0.1) is 0 Å². The molecule has 1 saturated carbocycles. The quantitative estimate of drug-likeness (QED) is 0.126. The van der Waals surface area contributed by atoms with E-state index in [1.807, 2.05) is 67.8 Å². The molecule has 0 spiro atoms. The summed E-state index contributed by atoms with van der Waals surface area (Å²) in [5.41, 5.74) is 2.02. The van der Waals surface area contributed by atoms with Crippen LogP contribution in [0.15, 0.2) is 117 Å². The second kappa shape index (κ2) is 17.2. The van der Waals surface area contributed by atoms with Gasteiger partial charge in [0.1, 0.15) is 18.3 Å². The molecule has 258 valence electrons. The Bertz CT molecular complexity index is 1780. The fourth-order valence-corrected chi connectivity index (χ4v) is 8.07. The van der Waals surface area contributed by atoms with Crippen LogP contribution in [-0.2, 0) is 32.6 Å². The summed E-state index contributed by atoms with van der Waals surface area (Å²) in [6, 6.07) is 29.6. The molecule has 1 aliphatic carbocycles. The number of rotatable bonds is 15. The molecule has 0 heterocycles. The molecular formula is C38H42BrN3O5S2. The van der Waals surface area contributed by atoms with Crippen molar-refractivity contribution in [3.8, 4) is 5.75 Å². The molecule has 0 aliphatic heterocycles. The average Bonchev–Trinajstić information content (AvgIpc) is 3.63. The van der Waals surface area contributed by atoms with Crippen LogP contribution in [0.25, 0.3) is 0 Å². The lowest BCUT2D eigenvalue weighted by Crippen LogP contribution is -2.54. The average molecular weight is 765 g/mol. The maximum absolute atomic E-state index is 14.7. The van der Waals surface area contributed by atoms with Gasteiger partial charge in [-0.25, -0.2) is 8.42 Å². The molecule has 11 heteroatoms. The summed E-state index contributed by atoms with van der Waals surface area (Å²) in [5.74, 6) is -0.157. The van der Waals surface area contributed by atoms with E-state index in [9.17, 15) is 18.0 Å². The van der Waals surface area contributed by atoms with E-state index in [2.05, 4.69) is 21.2 Å². The van der Waals surface area contributed by atoms with Crippen LogP contribution in [0.1, 0.15) is 43.7 Å². The summed E-state index contributed by atoms with van der Waals surface area (Å²) in [7, 11) is -4.21. The van der Waals surface area contributed by atoms with Gasteiger partial charge in [-0.05, 0) is 97.8 Å². The number of carbonyl (C=O) groups is 2. The number of carbonyl (C=O) groups excluding carboxylic acids is 2. The Morgan fingerprint density at radius 1 is 0.898 bits per heavy atom. The van der Waals surface area contributed by atoms with Crippen molar-refractivity contribution in [2.45, 2.75) is 67.4 Å². The van der Waals surface area contributed by atoms with Crippen molar-refractivity contribution in [3.05, 3.63) is 119 Å². The number of halogens is 1. The van der Waals surface area contributed by atoms with Crippen LogP contribution in [0.5, 0.6) is 5.75 Å². The molecule has 8 nitrogen and oxygen atoms in total. The third kappa shape index (κ3) is 9.67. The number of anilines is 1. The number of nitrogens with zero attached hydrogens (tertiary/aromatic N) is 2. The van der Waals surface area contributed by atoms with Gasteiger partial charge in [-0.1, -0.05) is 71.2 Å². The van der Waals surface area contributed by atoms with Gasteiger partial charge in [0.15, 0.2) is 0 Å². The highest BCUT2D eigenvalue weighted by Gasteiger charge is 2.35. The Morgan fingerprint density at radius 3 is 2.16 bits per heavy atom. The largest absolute Gasteiger partial charge is 0.494 e. The molecule has 1 atom stereocenters. The normalized spacial score (nSPS) is 13.9. The van der Waals surface area contributed by atoms with E-state index in [-0.39, 0.29) is 29.8 Å². The van der Waals surface area contributed by atoms with Crippen molar-refractivity contribution in [3.63, 3.8) is 0 Å². The summed E-state index contributed by atoms with van der Waals surface area (Å²) in [6.07, 6.45) is 6.06. The summed E-state index contributed by atoms with van der Waals surface area (Å²) < 4.78 is 36.3. The fraction of sp³-hybridized carbons (Fsp3) is 0.316. The number of amides is 2. The first-order valence-corrected chi connectivity index (χ1v) is 19.9. The van der Waals surface area contributed by atoms with Crippen molar-refractivity contribution in [1.29, 1.82) is 0 Å². The number of hydrogen-bond donors (Lipinski definition) is 1. The van der Waals surface area contributed by atoms with E-state index >= 15 is 0 Å². The highest BCUT2D eigenvalue weighted by molar-refractivity contribution is 9.10. The Labute approximate surface area is 302 Å². The van der Waals surface area contributed by atoms with Crippen LogP contribution in [-0.4, -0.2) is 56.6 Å². The minimum atomic E-state index is -4.21. The number of sulfonamides is 1. The maximum Gasteiger partial charge on any atom is 0.264 e. The van der Waals surface area contributed by atoms with Crippen LogP contribution in [0.3, 0.4) is 0 Å². The van der Waals surface area contributed by atoms with Crippen molar-refractivity contribution in [1.82, 2.24) is 10.2 Å². The lowest BCUT2D eigenvalue weighted by molar-refractivity contribution is -0.140. The first-order chi connectivity index (χ1) is 23.7. The van der Waals surface area contributed by atoms with E-state index in [1.165, 1.54) is 16.7 Å². The number of benzene rings is 4. The minimum absolute atomic E-state index is 0.0420. The van der Waals surface area contributed by atoms with Gasteiger partial charge in [-0.2, -0.15) is 0 Å². The standard InChI is InChI=1S/C38H42BrN3O5S2/c1-3-47-33-19-17-32(18-20-33)42(49(45,46)35-23-21-34(48-2)22-24-35)27-37(43)41(26-29-13-15-30(39)16-14-29)36(25-28-9-5-4-6-10-28)38(44)40-31-11-7-8-12-31/h4-6,9-10,13-24,31,36H,3,7-8,11-12,25-27H2,1-2H3,(H,40,44)/t36-/m0/s1. The predicted octanol–water partition coefficient (Wildman–Crippen LogP) is 7.46. The van der Waals surface area contributed by atoms with Gasteiger partial charge in [0.25, 0.3) is 10.0 Å². The van der Waals surface area contributed by atoms with Crippen molar-refractivity contribution < 1.29 is 22.7 Å². The molecular weight excluding hydrogens is 722 g/mol. The lowest BCUT2D eigenvalue weighted by Gasteiger charge is -2.34. The molecule has 49 heavy (non-hydrogen) atoms. The first-order valence-electron chi connectivity index (χ1n) is 16.5. The molecule has 0 radical (unpaired) electrons. The summed E-state index contributed by atoms with van der Waals surface area (Å²) in [4.78, 5) is 31.4. The van der Waals surface area contributed by atoms with E-state index in [0.29, 0.717) is 18.0 Å². The predicted molar refractivity (Wildman–Crippen MR) is 199 cm³/mol. The number of ether oxygens (including phenoxy) is 1. The molecule has 0 aromatic heterocycles. The minimum Gasteiger partial charge on any atom is -0.494 e. The van der Waals surface area contributed by atoms with E-state index in [0.717, 1.165) is 50.5 Å². The van der Waals surface area contributed by atoms with Gasteiger partial charge in [-0.15, -0.1) is 11.8 Å². The number of thioether (sulfide) groups is 1. The molecule has 4 aromatic rings. The molecule has 0 saturated heterocycles. The van der Waals surface area contributed by atoms with Gasteiger partial charge < -0.3 is 15.0 Å². The van der Waals surface area contributed by atoms with Gasteiger partial charge in [0, 0.05) is 28.4 Å². The smallest absolute Gasteiger partial charge is 0.264 e. The van der Waals surface area contributed by atoms with Crippen molar-refractivity contribution in [2.24, 2.45) is 0 Å². The zero-order valence-corrected chi connectivity index (χ0v) is 31.0. The summed E-state index contributed by atoms with van der Waals surface area (Å²) >= 11 is 4.99. The SMILES string of the molecule is CCOc1ccc(N(CC(=O)N(Cc2ccc(Br)cc2)[C@@H](Cc2ccccc2)C(=O)NC2CCCC2)S(=O)(=O)c2ccc(SC)cc2)cc1. The highest BCUT2D eigenvalue weighted by Crippen LogP contribution is 2.28. The van der Waals surface area contributed by atoms with Crippen LogP contribution < -0.4 is 14.4 Å². The second-order valence-corrected chi connectivity index (χ2v) is 15.6. The van der Waals surface area contributed by atoms with Gasteiger partial charge in [0.2, 0.25) is 11.8 Å². The number of hydrogen-bond acceptors (Lipinski definition) is 6. The summed E-state index contributed by atoms with van der Waals surface area (Å²) in [6.45, 7) is 1.93. The third-order valence-corrected chi connectivity index (χ3v) is 11.7. The second-order valence-electron chi connectivity index (χ2n) is 12.0. The van der Waals surface area contributed by atoms with Crippen molar-refractivity contribution in [2.75, 3.05) is 23.7 Å². The van der Waals surface area contributed by atoms with E-state index in [1.54, 1.807) is 48.5 Å². The van der Waals surface area contributed by atoms with Crippen molar-refractivity contribution >= 4 is 55.2 Å². The lowest BCUT2D eigenvalue weighted by atomic mass is 10.0. The molecule has 5 rings (SSSR count).